The van der Waals surface area contributed by atoms with E-state index in [0.717, 1.165) is 24.2 Å². The van der Waals surface area contributed by atoms with Crippen molar-refractivity contribution < 1.29 is 9.18 Å². The van der Waals surface area contributed by atoms with Crippen LogP contribution in [0.4, 0.5) is 4.39 Å². The number of halogens is 1. The Labute approximate surface area is 129 Å². The highest BCUT2D eigenvalue weighted by molar-refractivity contribution is 5.96. The summed E-state index contributed by atoms with van der Waals surface area (Å²) in [5, 5.41) is 7.54. The molecule has 4 nitrogen and oxygen atoms in total. The number of benzene rings is 1. The molecule has 1 saturated carbocycles. The zero-order valence-electron chi connectivity index (χ0n) is 12.9. The number of aromatic nitrogens is 2. The van der Waals surface area contributed by atoms with Crippen LogP contribution in [-0.2, 0) is 0 Å². The highest BCUT2D eigenvalue weighted by Crippen LogP contribution is 2.21. The lowest BCUT2D eigenvalue weighted by Gasteiger charge is -2.12. The number of nitrogens with zero attached hydrogens (tertiary/aromatic N) is 2. The molecule has 1 aliphatic carbocycles. The summed E-state index contributed by atoms with van der Waals surface area (Å²) >= 11 is 0. The van der Waals surface area contributed by atoms with Crippen molar-refractivity contribution in [2.75, 3.05) is 0 Å². The maximum absolute atomic E-state index is 13.0. The predicted molar refractivity (Wildman–Crippen MR) is 82.7 cm³/mol. The van der Waals surface area contributed by atoms with E-state index < -0.39 is 0 Å². The molecule has 0 radical (unpaired) electrons. The van der Waals surface area contributed by atoms with Gasteiger partial charge in [0.1, 0.15) is 5.82 Å². The van der Waals surface area contributed by atoms with Crippen molar-refractivity contribution in [3.8, 4) is 5.69 Å². The monoisotopic (exact) mass is 301 g/mol. The average molecular weight is 301 g/mol. The van der Waals surface area contributed by atoms with Gasteiger partial charge in [-0.25, -0.2) is 9.07 Å². The molecule has 116 valence electrons. The second-order valence-electron chi connectivity index (χ2n) is 5.89. The first kappa shape index (κ1) is 14.8. The molecule has 0 aliphatic heterocycles. The number of rotatable bonds is 3. The first-order valence-electron chi connectivity index (χ1n) is 7.69. The van der Waals surface area contributed by atoms with Gasteiger partial charge in [-0.2, -0.15) is 5.10 Å². The minimum absolute atomic E-state index is 0.0599. The number of carbonyl (C=O) groups is 1. The third-order valence-corrected chi connectivity index (χ3v) is 4.28. The van der Waals surface area contributed by atoms with E-state index in [9.17, 15) is 9.18 Å². The van der Waals surface area contributed by atoms with Crippen LogP contribution in [-0.4, -0.2) is 21.7 Å². The molecule has 0 unspecified atom stereocenters. The molecule has 1 amide bonds. The van der Waals surface area contributed by atoms with Crippen LogP contribution in [0.25, 0.3) is 5.69 Å². The fraction of sp³-hybridized carbons (Fsp3) is 0.412. The van der Waals surface area contributed by atoms with Gasteiger partial charge in [0.2, 0.25) is 0 Å². The van der Waals surface area contributed by atoms with Crippen LogP contribution >= 0.6 is 0 Å². The van der Waals surface area contributed by atoms with Gasteiger partial charge in [0.15, 0.2) is 0 Å². The lowest BCUT2D eigenvalue weighted by Crippen LogP contribution is -2.33. The molecule has 1 heterocycles. The Bertz CT molecular complexity index is 685. The topological polar surface area (TPSA) is 46.9 Å². The van der Waals surface area contributed by atoms with Gasteiger partial charge >= 0.3 is 0 Å². The fourth-order valence-corrected chi connectivity index (χ4v) is 3.13. The van der Waals surface area contributed by atoms with Gasteiger partial charge in [-0.05, 0) is 51.0 Å². The van der Waals surface area contributed by atoms with Crippen LogP contribution in [0.15, 0.2) is 24.3 Å². The normalized spacial score (nSPS) is 15.2. The van der Waals surface area contributed by atoms with E-state index in [1.807, 2.05) is 13.8 Å². The number of nitrogens with one attached hydrogen (secondary N) is 1. The molecule has 1 aliphatic rings. The first-order chi connectivity index (χ1) is 10.6. The molecule has 1 N–H and O–H groups in total. The zero-order valence-corrected chi connectivity index (χ0v) is 12.9. The summed E-state index contributed by atoms with van der Waals surface area (Å²) in [4.78, 5) is 12.5. The molecule has 1 aromatic carbocycles. The van der Waals surface area contributed by atoms with Gasteiger partial charge in [0.25, 0.3) is 5.91 Å². The quantitative estimate of drug-likeness (QED) is 0.945. The van der Waals surface area contributed by atoms with E-state index >= 15 is 0 Å². The van der Waals surface area contributed by atoms with Crippen LogP contribution in [0.5, 0.6) is 0 Å². The summed E-state index contributed by atoms with van der Waals surface area (Å²) < 4.78 is 14.7. The van der Waals surface area contributed by atoms with E-state index in [1.165, 1.54) is 25.0 Å². The molecule has 0 atom stereocenters. The SMILES string of the molecule is Cc1nn(-c2ccc(F)cc2)c(C)c1C(=O)NC1CCCC1. The average Bonchev–Trinajstić information content (AvgIpc) is 3.08. The fourth-order valence-electron chi connectivity index (χ4n) is 3.13. The summed E-state index contributed by atoms with van der Waals surface area (Å²) in [6, 6.07) is 6.38. The van der Waals surface area contributed by atoms with Gasteiger partial charge in [-0.1, -0.05) is 12.8 Å². The zero-order chi connectivity index (χ0) is 15.7. The molecule has 22 heavy (non-hydrogen) atoms. The largest absolute Gasteiger partial charge is 0.349 e. The lowest BCUT2D eigenvalue weighted by atomic mass is 10.1. The molecule has 5 heteroatoms. The summed E-state index contributed by atoms with van der Waals surface area (Å²) in [7, 11) is 0. The van der Waals surface area contributed by atoms with E-state index in [-0.39, 0.29) is 17.8 Å². The predicted octanol–water partition coefficient (Wildman–Crippen LogP) is 3.30. The molecule has 2 aromatic rings. The minimum atomic E-state index is -0.288. The van der Waals surface area contributed by atoms with E-state index in [2.05, 4.69) is 10.4 Å². The molecule has 0 saturated heterocycles. The third kappa shape index (κ3) is 2.75. The Morgan fingerprint density at radius 2 is 1.86 bits per heavy atom. The summed E-state index contributed by atoms with van der Waals surface area (Å²) in [5.74, 6) is -0.347. The Morgan fingerprint density at radius 3 is 2.50 bits per heavy atom. The van der Waals surface area contributed by atoms with Crippen molar-refractivity contribution in [1.29, 1.82) is 0 Å². The summed E-state index contributed by atoms with van der Waals surface area (Å²) in [6.07, 6.45) is 4.46. The highest BCUT2D eigenvalue weighted by Gasteiger charge is 2.23. The molecular weight excluding hydrogens is 281 g/mol. The van der Waals surface area contributed by atoms with E-state index in [1.54, 1.807) is 16.8 Å². The van der Waals surface area contributed by atoms with Crippen molar-refractivity contribution in [2.45, 2.75) is 45.6 Å². The van der Waals surface area contributed by atoms with Crippen molar-refractivity contribution in [3.63, 3.8) is 0 Å². The molecule has 1 fully saturated rings. The minimum Gasteiger partial charge on any atom is -0.349 e. The molecule has 1 aromatic heterocycles. The van der Waals surface area contributed by atoms with Crippen molar-refractivity contribution in [2.24, 2.45) is 0 Å². The maximum Gasteiger partial charge on any atom is 0.255 e. The number of hydrogen-bond donors (Lipinski definition) is 1. The maximum atomic E-state index is 13.0. The van der Waals surface area contributed by atoms with Crippen LogP contribution in [0.3, 0.4) is 0 Å². The van der Waals surface area contributed by atoms with Crippen LogP contribution in [0, 0.1) is 19.7 Å². The number of amides is 1. The van der Waals surface area contributed by atoms with Crippen LogP contribution in [0.1, 0.15) is 47.4 Å². The Balaban J connectivity index is 1.89. The van der Waals surface area contributed by atoms with Gasteiger partial charge in [-0.15, -0.1) is 0 Å². The van der Waals surface area contributed by atoms with Gasteiger partial charge < -0.3 is 5.32 Å². The highest BCUT2D eigenvalue weighted by atomic mass is 19.1. The van der Waals surface area contributed by atoms with E-state index in [0.29, 0.717) is 11.3 Å². The van der Waals surface area contributed by atoms with Crippen LogP contribution in [0.2, 0.25) is 0 Å². The smallest absolute Gasteiger partial charge is 0.255 e. The second-order valence-corrected chi connectivity index (χ2v) is 5.89. The van der Waals surface area contributed by atoms with Crippen molar-refractivity contribution in [3.05, 3.63) is 47.0 Å². The Kier molecular flexibility index (Phi) is 3.96. The summed E-state index contributed by atoms with van der Waals surface area (Å²) in [6.45, 7) is 3.70. The van der Waals surface area contributed by atoms with Crippen LogP contribution < -0.4 is 5.32 Å². The van der Waals surface area contributed by atoms with E-state index in [4.69, 9.17) is 0 Å². The molecule has 3 rings (SSSR count). The molecule has 0 bridgehead atoms. The lowest BCUT2D eigenvalue weighted by molar-refractivity contribution is 0.0936. The van der Waals surface area contributed by atoms with Gasteiger partial charge in [-0.3, -0.25) is 4.79 Å². The summed E-state index contributed by atoms with van der Waals surface area (Å²) in [5.41, 5.74) is 2.84. The molecule has 0 spiro atoms. The second kappa shape index (κ2) is 5.91. The number of hydrogen-bond acceptors (Lipinski definition) is 2. The Morgan fingerprint density at radius 1 is 1.23 bits per heavy atom. The Hall–Kier alpha value is -2.17. The van der Waals surface area contributed by atoms with Gasteiger partial charge in [0.05, 0.1) is 22.6 Å². The van der Waals surface area contributed by atoms with Crippen molar-refractivity contribution >= 4 is 5.91 Å². The van der Waals surface area contributed by atoms with Crippen molar-refractivity contribution in [1.82, 2.24) is 15.1 Å². The standard InChI is InChI=1S/C17H20FN3O/c1-11-16(17(22)19-14-5-3-4-6-14)12(2)21(20-11)15-9-7-13(18)8-10-15/h7-10,14H,3-6H2,1-2H3,(H,19,22). The first-order valence-corrected chi connectivity index (χ1v) is 7.69. The number of carbonyl (C=O) groups excluding carboxylic acids is 1. The number of aryl methyl sites for hydroxylation is 1. The third-order valence-electron chi connectivity index (χ3n) is 4.28. The van der Waals surface area contributed by atoms with Gasteiger partial charge in [0, 0.05) is 6.04 Å². The molecular formula is C17H20FN3O.